The number of amidine groups is 1. The van der Waals surface area contributed by atoms with E-state index in [1.165, 1.54) is 17.5 Å². The Kier molecular flexibility index (Phi) is 8.78. The van der Waals surface area contributed by atoms with Gasteiger partial charge in [-0.25, -0.2) is 4.99 Å². The van der Waals surface area contributed by atoms with E-state index in [4.69, 9.17) is 9.47 Å². The molecule has 0 radical (unpaired) electrons. The van der Waals surface area contributed by atoms with Crippen molar-refractivity contribution in [2.24, 2.45) is 22.7 Å². The zero-order chi connectivity index (χ0) is 23.1. The molecular formula is C27H42N2O3. The molecule has 0 saturated heterocycles. The van der Waals surface area contributed by atoms with Gasteiger partial charge in [-0.2, -0.15) is 0 Å². The lowest BCUT2D eigenvalue weighted by atomic mass is 9.75. The predicted octanol–water partition coefficient (Wildman–Crippen LogP) is 5.43. The Morgan fingerprint density at radius 3 is 2.66 bits per heavy atom. The van der Waals surface area contributed by atoms with E-state index in [0.717, 1.165) is 50.3 Å². The standard InChI is InChI=1S/C27H42N2O3/c1-6-21-15-24(31-5)11-12-25(21)26-16-22(26)17-32-18-29-19(2)28-14-13-20-7-9-23(10-8-20)27(3,4)30/h11-15,20,22-23,26,30H,6-10,16-18H2,1-5H3,(H,28,29)/b14-13+. The number of hydrogen-bond acceptors (Lipinski definition) is 4. The van der Waals surface area contributed by atoms with Crippen LogP contribution >= 0.6 is 0 Å². The summed E-state index contributed by atoms with van der Waals surface area (Å²) >= 11 is 0. The number of aryl methyl sites for hydroxylation is 1. The summed E-state index contributed by atoms with van der Waals surface area (Å²) in [5.74, 6) is 4.02. The third-order valence-electron chi connectivity index (χ3n) is 7.21. The minimum absolute atomic E-state index is 0.399. The summed E-state index contributed by atoms with van der Waals surface area (Å²) in [6.07, 6.45) is 11.0. The molecule has 3 rings (SSSR count). The Labute approximate surface area is 194 Å². The molecule has 5 nitrogen and oxygen atoms in total. The average Bonchev–Trinajstić information content (AvgIpc) is 3.55. The molecule has 2 atom stereocenters. The van der Waals surface area contributed by atoms with Crippen molar-refractivity contribution in [2.75, 3.05) is 20.4 Å². The molecule has 1 aromatic rings. The summed E-state index contributed by atoms with van der Waals surface area (Å²) < 4.78 is 11.2. The number of aliphatic hydroxyl groups is 1. The smallest absolute Gasteiger partial charge is 0.139 e. The van der Waals surface area contributed by atoms with Crippen LogP contribution in [-0.2, 0) is 11.2 Å². The van der Waals surface area contributed by atoms with E-state index in [0.29, 0.717) is 30.4 Å². The Bertz CT molecular complexity index is 789. The van der Waals surface area contributed by atoms with E-state index in [-0.39, 0.29) is 0 Å². The van der Waals surface area contributed by atoms with Crippen molar-refractivity contribution in [3.05, 3.63) is 41.6 Å². The highest BCUT2D eigenvalue weighted by Gasteiger charge is 2.39. The summed E-state index contributed by atoms with van der Waals surface area (Å²) in [6.45, 7) is 9.20. The second-order valence-corrected chi connectivity index (χ2v) is 10.0. The number of rotatable bonds is 10. The molecule has 0 aliphatic heterocycles. The van der Waals surface area contributed by atoms with E-state index < -0.39 is 5.60 Å². The van der Waals surface area contributed by atoms with E-state index >= 15 is 0 Å². The van der Waals surface area contributed by atoms with Gasteiger partial charge in [0.15, 0.2) is 0 Å². The van der Waals surface area contributed by atoms with E-state index in [9.17, 15) is 5.11 Å². The SMILES string of the molecule is CCc1cc(OC)ccc1C1CC1COCN=C(C)N/C=C/C1CCC(C(C)(C)O)CC1. The fourth-order valence-corrected chi connectivity index (χ4v) is 4.90. The lowest BCUT2D eigenvalue weighted by Crippen LogP contribution is -2.33. The Morgan fingerprint density at radius 2 is 2.00 bits per heavy atom. The van der Waals surface area contributed by atoms with Crippen molar-refractivity contribution in [2.45, 2.75) is 77.7 Å². The largest absolute Gasteiger partial charge is 0.497 e. The predicted molar refractivity (Wildman–Crippen MR) is 131 cm³/mol. The summed E-state index contributed by atoms with van der Waals surface area (Å²) in [5.41, 5.74) is 2.28. The zero-order valence-corrected chi connectivity index (χ0v) is 20.6. The summed E-state index contributed by atoms with van der Waals surface area (Å²) in [6, 6.07) is 6.45. The topological polar surface area (TPSA) is 63.1 Å². The second-order valence-electron chi connectivity index (χ2n) is 10.0. The molecule has 0 amide bonds. The number of allylic oxidation sites excluding steroid dienone is 1. The molecule has 2 unspecified atom stereocenters. The number of hydrogen-bond donors (Lipinski definition) is 2. The molecule has 5 heteroatoms. The number of aliphatic imine (C=N–C) groups is 1. The van der Waals surface area contributed by atoms with Gasteiger partial charge in [-0.3, -0.25) is 0 Å². The fraction of sp³-hybridized carbons (Fsp3) is 0.667. The lowest BCUT2D eigenvalue weighted by molar-refractivity contribution is -0.00314. The van der Waals surface area contributed by atoms with Gasteiger partial charge >= 0.3 is 0 Å². The molecule has 2 aliphatic carbocycles. The fourth-order valence-electron chi connectivity index (χ4n) is 4.90. The maximum atomic E-state index is 10.2. The summed E-state index contributed by atoms with van der Waals surface area (Å²) in [7, 11) is 1.72. The Hall–Kier alpha value is -1.85. The van der Waals surface area contributed by atoms with Crippen LogP contribution in [0.5, 0.6) is 5.75 Å². The van der Waals surface area contributed by atoms with Crippen molar-refractivity contribution >= 4 is 5.84 Å². The van der Waals surface area contributed by atoms with Crippen LogP contribution in [0.4, 0.5) is 0 Å². The second kappa shape index (κ2) is 11.3. The minimum Gasteiger partial charge on any atom is -0.497 e. The van der Waals surface area contributed by atoms with Crippen LogP contribution in [-0.4, -0.2) is 37.0 Å². The van der Waals surface area contributed by atoms with Crippen molar-refractivity contribution in [3.8, 4) is 5.75 Å². The third-order valence-corrected chi connectivity index (χ3v) is 7.21. The van der Waals surface area contributed by atoms with E-state index in [1.807, 2.05) is 27.0 Å². The Morgan fingerprint density at radius 1 is 1.25 bits per heavy atom. The lowest BCUT2D eigenvalue weighted by Gasteiger charge is -2.35. The van der Waals surface area contributed by atoms with Gasteiger partial charge < -0.3 is 19.9 Å². The summed E-state index contributed by atoms with van der Waals surface area (Å²) in [4.78, 5) is 4.49. The highest BCUT2D eigenvalue weighted by molar-refractivity contribution is 5.80. The molecule has 2 fully saturated rings. The number of benzene rings is 1. The molecule has 1 aromatic carbocycles. The summed E-state index contributed by atoms with van der Waals surface area (Å²) in [5, 5.41) is 13.4. The van der Waals surface area contributed by atoms with Gasteiger partial charge in [-0.05, 0) is 112 Å². The van der Waals surface area contributed by atoms with Gasteiger partial charge in [0, 0.05) is 0 Å². The van der Waals surface area contributed by atoms with Crippen LogP contribution in [0.25, 0.3) is 0 Å². The third kappa shape index (κ3) is 7.08. The van der Waals surface area contributed by atoms with Crippen molar-refractivity contribution < 1.29 is 14.6 Å². The molecule has 0 aromatic heterocycles. The maximum absolute atomic E-state index is 10.2. The zero-order valence-electron chi connectivity index (χ0n) is 20.6. The van der Waals surface area contributed by atoms with E-state index in [2.05, 4.69) is 41.5 Å². The van der Waals surface area contributed by atoms with Crippen LogP contribution in [0.1, 0.15) is 76.8 Å². The number of nitrogens with one attached hydrogen (secondary N) is 1. The molecule has 2 N–H and O–H groups in total. The molecule has 0 heterocycles. The van der Waals surface area contributed by atoms with Crippen LogP contribution in [0.3, 0.4) is 0 Å². The first-order valence-electron chi connectivity index (χ1n) is 12.2. The van der Waals surface area contributed by atoms with Gasteiger partial charge in [0.25, 0.3) is 0 Å². The minimum atomic E-state index is -0.552. The quantitative estimate of drug-likeness (QED) is 0.288. The van der Waals surface area contributed by atoms with Gasteiger partial charge in [0.2, 0.25) is 0 Å². The molecule has 2 aliphatic rings. The molecule has 178 valence electrons. The van der Waals surface area contributed by atoms with Crippen LogP contribution in [0, 0.1) is 17.8 Å². The van der Waals surface area contributed by atoms with Crippen LogP contribution in [0.2, 0.25) is 0 Å². The van der Waals surface area contributed by atoms with Gasteiger partial charge in [-0.1, -0.05) is 19.1 Å². The first-order chi connectivity index (χ1) is 15.3. The first kappa shape index (κ1) is 24.8. The van der Waals surface area contributed by atoms with Crippen LogP contribution in [0.15, 0.2) is 35.5 Å². The highest BCUT2D eigenvalue weighted by Crippen LogP contribution is 2.49. The molecule has 32 heavy (non-hydrogen) atoms. The molecule has 0 bridgehead atoms. The molecule has 0 spiro atoms. The normalized spacial score (nSPS) is 26.4. The van der Waals surface area contributed by atoms with Crippen molar-refractivity contribution in [3.63, 3.8) is 0 Å². The van der Waals surface area contributed by atoms with Gasteiger partial charge in [0.05, 0.1) is 25.2 Å². The van der Waals surface area contributed by atoms with Crippen molar-refractivity contribution in [1.29, 1.82) is 0 Å². The van der Waals surface area contributed by atoms with E-state index in [1.54, 1.807) is 7.11 Å². The van der Waals surface area contributed by atoms with Crippen molar-refractivity contribution in [1.82, 2.24) is 5.32 Å². The average molecular weight is 443 g/mol. The highest BCUT2D eigenvalue weighted by atomic mass is 16.5. The number of ether oxygens (including phenoxy) is 2. The molecule has 2 saturated carbocycles. The van der Waals surface area contributed by atoms with Gasteiger partial charge in [0.1, 0.15) is 12.5 Å². The Balaban J connectivity index is 1.33. The van der Waals surface area contributed by atoms with Gasteiger partial charge in [-0.15, -0.1) is 0 Å². The monoisotopic (exact) mass is 442 g/mol. The first-order valence-corrected chi connectivity index (χ1v) is 12.2. The van der Waals surface area contributed by atoms with Crippen LogP contribution < -0.4 is 10.1 Å². The molecular weight excluding hydrogens is 400 g/mol. The number of nitrogens with zero attached hydrogens (tertiary/aromatic N) is 1. The number of methoxy groups -OCH3 is 1. The maximum Gasteiger partial charge on any atom is 0.139 e.